The molecule has 0 saturated carbocycles. The first kappa shape index (κ1) is 11.4. The minimum absolute atomic E-state index is 0.659. The lowest BCUT2D eigenvalue weighted by atomic mass is 10.1. The van der Waals surface area contributed by atoms with Crippen molar-refractivity contribution in [1.29, 1.82) is 0 Å². The summed E-state index contributed by atoms with van der Waals surface area (Å²) in [6.07, 6.45) is 2.62. The van der Waals surface area contributed by atoms with Gasteiger partial charge in [-0.3, -0.25) is 9.80 Å². The molecule has 2 rings (SSSR count). The van der Waals surface area contributed by atoms with E-state index >= 15 is 0 Å². The Kier molecular flexibility index (Phi) is 4.00. The van der Waals surface area contributed by atoms with Crippen LogP contribution in [0.2, 0.25) is 0 Å². The molecule has 2 atom stereocenters. The van der Waals surface area contributed by atoms with Gasteiger partial charge in [-0.15, -0.1) is 0 Å². The summed E-state index contributed by atoms with van der Waals surface area (Å²) in [4.78, 5) is 5.23. The van der Waals surface area contributed by atoms with Gasteiger partial charge in [-0.1, -0.05) is 13.3 Å². The number of rotatable bonds is 3. The molecule has 0 amide bonds. The van der Waals surface area contributed by atoms with E-state index in [9.17, 15) is 0 Å². The average molecular weight is 212 g/mol. The molecule has 2 aliphatic rings. The van der Waals surface area contributed by atoms with Crippen molar-refractivity contribution in [3.8, 4) is 0 Å². The third-order valence-electron chi connectivity index (χ3n) is 3.80. The molecule has 0 aliphatic carbocycles. The molecular formula is C12H24N2O. The van der Waals surface area contributed by atoms with Crippen LogP contribution in [0.4, 0.5) is 0 Å². The third kappa shape index (κ3) is 2.71. The fraction of sp³-hybridized carbons (Fsp3) is 1.00. The lowest BCUT2D eigenvalue weighted by molar-refractivity contribution is -0.0521. The van der Waals surface area contributed by atoms with Crippen LogP contribution in [-0.4, -0.2) is 61.3 Å². The van der Waals surface area contributed by atoms with Crippen LogP contribution < -0.4 is 0 Å². The van der Waals surface area contributed by atoms with E-state index in [4.69, 9.17) is 4.74 Å². The predicted octanol–water partition coefficient (Wildman–Crippen LogP) is 1.19. The molecular weight excluding hydrogens is 188 g/mol. The summed E-state index contributed by atoms with van der Waals surface area (Å²) in [7, 11) is 0. The monoisotopic (exact) mass is 212 g/mol. The fourth-order valence-electron chi connectivity index (χ4n) is 2.77. The van der Waals surface area contributed by atoms with Crippen LogP contribution in [0, 0.1) is 0 Å². The van der Waals surface area contributed by atoms with Gasteiger partial charge in [0.05, 0.1) is 13.2 Å². The van der Waals surface area contributed by atoms with E-state index in [2.05, 4.69) is 23.6 Å². The van der Waals surface area contributed by atoms with E-state index in [1.165, 1.54) is 32.5 Å². The van der Waals surface area contributed by atoms with E-state index < -0.39 is 0 Å². The lowest BCUT2D eigenvalue weighted by Gasteiger charge is -2.45. The van der Waals surface area contributed by atoms with Crippen LogP contribution in [0.5, 0.6) is 0 Å². The van der Waals surface area contributed by atoms with Crippen LogP contribution in [0.1, 0.15) is 26.7 Å². The minimum atomic E-state index is 0.659. The molecule has 15 heavy (non-hydrogen) atoms. The van der Waals surface area contributed by atoms with E-state index in [1.54, 1.807) is 0 Å². The predicted molar refractivity (Wildman–Crippen MR) is 62.1 cm³/mol. The molecule has 0 aromatic heterocycles. The molecule has 2 fully saturated rings. The molecule has 0 spiro atoms. The highest BCUT2D eigenvalue weighted by Crippen LogP contribution is 2.17. The first-order valence-corrected chi connectivity index (χ1v) is 6.37. The molecule has 0 aromatic carbocycles. The van der Waals surface area contributed by atoms with Gasteiger partial charge in [0.2, 0.25) is 0 Å². The standard InChI is InChI=1S/C12H24N2O/c1-3-4-11(2)14-6-5-13-7-8-15-10-12(13)9-14/h11-12H,3-10H2,1-2H3/t11-,12+/m0/s1. The molecule has 0 N–H and O–H groups in total. The van der Waals surface area contributed by atoms with Gasteiger partial charge in [-0.25, -0.2) is 0 Å². The SMILES string of the molecule is CCC[C@H](C)N1CCN2CCOC[C@H]2C1. The van der Waals surface area contributed by atoms with Gasteiger partial charge in [0.15, 0.2) is 0 Å². The molecule has 3 nitrogen and oxygen atoms in total. The number of piperazine rings is 1. The van der Waals surface area contributed by atoms with Crippen molar-refractivity contribution in [3.63, 3.8) is 0 Å². The van der Waals surface area contributed by atoms with Gasteiger partial charge in [-0.05, 0) is 13.3 Å². The zero-order valence-corrected chi connectivity index (χ0v) is 10.1. The smallest absolute Gasteiger partial charge is 0.0634 e. The van der Waals surface area contributed by atoms with E-state index in [1.807, 2.05) is 0 Å². The van der Waals surface area contributed by atoms with Crippen LogP contribution in [0.3, 0.4) is 0 Å². The average Bonchev–Trinajstić information content (AvgIpc) is 2.29. The molecule has 2 heterocycles. The Bertz CT molecular complexity index is 198. The van der Waals surface area contributed by atoms with Crippen LogP contribution in [0.15, 0.2) is 0 Å². The third-order valence-corrected chi connectivity index (χ3v) is 3.80. The summed E-state index contributed by atoms with van der Waals surface area (Å²) < 4.78 is 5.56. The minimum Gasteiger partial charge on any atom is -0.378 e. The van der Waals surface area contributed by atoms with Crippen LogP contribution >= 0.6 is 0 Å². The van der Waals surface area contributed by atoms with Crippen molar-refractivity contribution in [2.45, 2.75) is 38.8 Å². The van der Waals surface area contributed by atoms with Crippen LogP contribution in [-0.2, 0) is 4.74 Å². The van der Waals surface area contributed by atoms with Crippen molar-refractivity contribution >= 4 is 0 Å². The second-order valence-electron chi connectivity index (χ2n) is 4.90. The molecule has 0 radical (unpaired) electrons. The van der Waals surface area contributed by atoms with Crippen LogP contribution in [0.25, 0.3) is 0 Å². The highest BCUT2D eigenvalue weighted by atomic mass is 16.5. The number of ether oxygens (including phenoxy) is 1. The normalized spacial score (nSPS) is 31.2. The second-order valence-corrected chi connectivity index (χ2v) is 4.90. The first-order chi connectivity index (χ1) is 7.31. The van der Waals surface area contributed by atoms with Gasteiger partial charge in [0.1, 0.15) is 0 Å². The van der Waals surface area contributed by atoms with E-state index in [0.29, 0.717) is 6.04 Å². The molecule has 3 heteroatoms. The molecule has 2 saturated heterocycles. The summed E-state index contributed by atoms with van der Waals surface area (Å²) in [5, 5.41) is 0. The Morgan fingerprint density at radius 2 is 2.20 bits per heavy atom. The maximum atomic E-state index is 5.56. The highest BCUT2D eigenvalue weighted by molar-refractivity contribution is 4.86. The second kappa shape index (κ2) is 5.28. The van der Waals surface area contributed by atoms with Gasteiger partial charge in [0.25, 0.3) is 0 Å². The Morgan fingerprint density at radius 3 is 3.00 bits per heavy atom. The maximum Gasteiger partial charge on any atom is 0.0634 e. The van der Waals surface area contributed by atoms with Crippen molar-refractivity contribution in [2.75, 3.05) is 39.4 Å². The van der Waals surface area contributed by atoms with Gasteiger partial charge < -0.3 is 4.74 Å². The van der Waals surface area contributed by atoms with Crippen molar-refractivity contribution in [2.24, 2.45) is 0 Å². The molecule has 0 aromatic rings. The highest BCUT2D eigenvalue weighted by Gasteiger charge is 2.30. The fourth-order valence-corrected chi connectivity index (χ4v) is 2.77. The first-order valence-electron chi connectivity index (χ1n) is 6.37. The topological polar surface area (TPSA) is 15.7 Å². The van der Waals surface area contributed by atoms with Crippen molar-refractivity contribution in [3.05, 3.63) is 0 Å². The maximum absolute atomic E-state index is 5.56. The van der Waals surface area contributed by atoms with E-state index in [0.717, 1.165) is 25.8 Å². The largest absolute Gasteiger partial charge is 0.378 e. The van der Waals surface area contributed by atoms with Gasteiger partial charge in [0, 0.05) is 38.3 Å². The Hall–Kier alpha value is -0.120. The summed E-state index contributed by atoms with van der Waals surface area (Å²) in [6.45, 7) is 11.3. The Morgan fingerprint density at radius 1 is 1.33 bits per heavy atom. The van der Waals surface area contributed by atoms with Crippen molar-refractivity contribution < 1.29 is 4.74 Å². The number of hydrogen-bond acceptors (Lipinski definition) is 3. The number of hydrogen-bond donors (Lipinski definition) is 0. The number of fused-ring (bicyclic) bond motifs is 1. The quantitative estimate of drug-likeness (QED) is 0.699. The molecule has 0 unspecified atom stereocenters. The molecule has 88 valence electrons. The zero-order chi connectivity index (χ0) is 10.7. The van der Waals surface area contributed by atoms with Crippen molar-refractivity contribution in [1.82, 2.24) is 9.80 Å². The summed E-state index contributed by atoms with van der Waals surface area (Å²) in [6, 6.07) is 1.41. The number of nitrogens with zero attached hydrogens (tertiary/aromatic N) is 2. The van der Waals surface area contributed by atoms with Gasteiger partial charge in [-0.2, -0.15) is 0 Å². The molecule has 2 aliphatic heterocycles. The van der Waals surface area contributed by atoms with E-state index in [-0.39, 0.29) is 0 Å². The Labute approximate surface area is 93.4 Å². The van der Waals surface area contributed by atoms with Gasteiger partial charge >= 0.3 is 0 Å². The zero-order valence-electron chi connectivity index (χ0n) is 10.1. The Balaban J connectivity index is 1.85. The molecule has 0 bridgehead atoms. The lowest BCUT2D eigenvalue weighted by Crippen LogP contribution is -2.59. The summed E-state index contributed by atoms with van der Waals surface area (Å²) in [5.74, 6) is 0. The summed E-state index contributed by atoms with van der Waals surface area (Å²) >= 11 is 0. The summed E-state index contributed by atoms with van der Waals surface area (Å²) in [5.41, 5.74) is 0. The number of morpholine rings is 1.